The predicted octanol–water partition coefficient (Wildman–Crippen LogP) is 4.06. The molecule has 0 aromatic rings. The molecule has 1 N–H and O–H groups in total. The van der Waals surface area contributed by atoms with Crippen LogP contribution in [-0.4, -0.2) is 23.4 Å². The Labute approximate surface area is 112 Å². The molecule has 0 heterocycles. The summed E-state index contributed by atoms with van der Waals surface area (Å²) in [6.07, 6.45) is 12.9. The van der Waals surface area contributed by atoms with Gasteiger partial charge in [0.2, 0.25) is 0 Å². The third-order valence-electron chi connectivity index (χ3n) is 5.14. The highest BCUT2D eigenvalue weighted by Crippen LogP contribution is 2.55. The lowest BCUT2D eigenvalue weighted by Crippen LogP contribution is -2.57. The zero-order valence-electron chi connectivity index (χ0n) is 12.2. The lowest BCUT2D eigenvalue weighted by molar-refractivity contribution is -0.206. The third kappa shape index (κ3) is 2.91. The van der Waals surface area contributed by atoms with Crippen molar-refractivity contribution in [2.45, 2.75) is 96.4 Å². The minimum absolute atomic E-state index is 0.0858. The summed E-state index contributed by atoms with van der Waals surface area (Å²) in [6, 6.07) is 0. The van der Waals surface area contributed by atoms with Crippen LogP contribution in [-0.2, 0) is 4.74 Å². The van der Waals surface area contributed by atoms with Gasteiger partial charge in [-0.1, -0.05) is 45.4 Å². The smallest absolute Gasteiger partial charge is 0.0684 e. The van der Waals surface area contributed by atoms with Crippen LogP contribution < -0.4 is 0 Å². The Hall–Kier alpha value is -0.0800. The first kappa shape index (κ1) is 14.3. The Balaban J connectivity index is 1.69. The van der Waals surface area contributed by atoms with E-state index in [4.69, 9.17) is 4.74 Å². The molecule has 2 fully saturated rings. The topological polar surface area (TPSA) is 29.5 Å². The number of unbranched alkanes of at least 4 members (excludes halogenated alkanes) is 3. The molecule has 0 amide bonds. The Morgan fingerprint density at radius 1 is 1.22 bits per heavy atom. The predicted molar refractivity (Wildman–Crippen MR) is 74.6 cm³/mol. The van der Waals surface area contributed by atoms with Gasteiger partial charge in [0.1, 0.15) is 0 Å². The van der Waals surface area contributed by atoms with Gasteiger partial charge in [-0.2, -0.15) is 0 Å². The first-order valence-corrected chi connectivity index (χ1v) is 8.02. The fourth-order valence-corrected chi connectivity index (χ4v) is 3.81. The summed E-state index contributed by atoms with van der Waals surface area (Å²) in [4.78, 5) is 0. The normalized spacial score (nSPS) is 31.5. The molecule has 3 unspecified atom stereocenters. The van der Waals surface area contributed by atoms with Crippen molar-refractivity contribution in [3.8, 4) is 0 Å². The molecule has 2 aliphatic carbocycles. The second-order valence-corrected chi connectivity index (χ2v) is 6.48. The standard InChI is InChI=1S/C16H30O2/c1-3-4-5-6-9-13(2)18-15-12-14(17)16(15)10-7-8-11-16/h13-15,17H,3-12H2,1-2H3. The average molecular weight is 254 g/mol. The van der Waals surface area contributed by atoms with Crippen LogP contribution in [0.4, 0.5) is 0 Å². The molecule has 2 saturated carbocycles. The fourth-order valence-electron chi connectivity index (χ4n) is 3.81. The molecule has 0 aromatic heterocycles. The van der Waals surface area contributed by atoms with E-state index in [9.17, 15) is 5.11 Å². The monoisotopic (exact) mass is 254 g/mol. The zero-order chi connectivity index (χ0) is 13.0. The number of aliphatic hydroxyl groups excluding tert-OH is 1. The minimum Gasteiger partial charge on any atom is -0.392 e. The molecule has 0 bridgehead atoms. The van der Waals surface area contributed by atoms with Gasteiger partial charge in [-0.05, 0) is 26.2 Å². The van der Waals surface area contributed by atoms with Crippen molar-refractivity contribution in [1.29, 1.82) is 0 Å². The van der Waals surface area contributed by atoms with Gasteiger partial charge in [-0.3, -0.25) is 0 Å². The van der Waals surface area contributed by atoms with Crippen LogP contribution in [0, 0.1) is 5.41 Å². The quantitative estimate of drug-likeness (QED) is 0.694. The summed E-state index contributed by atoms with van der Waals surface area (Å²) in [6.45, 7) is 4.46. The maximum absolute atomic E-state index is 10.0. The van der Waals surface area contributed by atoms with Gasteiger partial charge in [-0.25, -0.2) is 0 Å². The molecule has 2 aliphatic rings. The molecule has 3 atom stereocenters. The maximum atomic E-state index is 10.0. The first-order chi connectivity index (χ1) is 8.69. The van der Waals surface area contributed by atoms with Crippen LogP contribution in [0.15, 0.2) is 0 Å². The highest BCUT2D eigenvalue weighted by Gasteiger charge is 2.56. The van der Waals surface area contributed by atoms with Gasteiger partial charge in [-0.15, -0.1) is 0 Å². The van der Waals surface area contributed by atoms with E-state index in [0.717, 1.165) is 6.42 Å². The molecule has 2 rings (SSSR count). The summed E-state index contributed by atoms with van der Waals surface area (Å²) in [5.74, 6) is 0. The number of hydrogen-bond donors (Lipinski definition) is 1. The van der Waals surface area contributed by atoms with Crippen molar-refractivity contribution >= 4 is 0 Å². The molecule has 0 aromatic carbocycles. The number of ether oxygens (including phenoxy) is 1. The van der Waals surface area contributed by atoms with E-state index < -0.39 is 0 Å². The molecule has 106 valence electrons. The Morgan fingerprint density at radius 3 is 2.56 bits per heavy atom. The Kier molecular flexibility index (Phi) is 5.08. The summed E-state index contributed by atoms with van der Waals surface area (Å²) < 4.78 is 6.21. The van der Waals surface area contributed by atoms with Crippen molar-refractivity contribution in [1.82, 2.24) is 0 Å². The second-order valence-electron chi connectivity index (χ2n) is 6.48. The van der Waals surface area contributed by atoms with E-state index in [1.165, 1.54) is 57.8 Å². The molecule has 1 spiro atoms. The van der Waals surface area contributed by atoms with Gasteiger partial charge in [0.15, 0.2) is 0 Å². The lowest BCUT2D eigenvalue weighted by atomic mass is 9.62. The summed E-state index contributed by atoms with van der Waals surface area (Å²) in [7, 11) is 0. The van der Waals surface area contributed by atoms with Crippen LogP contribution in [0.5, 0.6) is 0 Å². The third-order valence-corrected chi connectivity index (χ3v) is 5.14. The first-order valence-electron chi connectivity index (χ1n) is 8.02. The van der Waals surface area contributed by atoms with Crippen LogP contribution in [0.1, 0.15) is 78.1 Å². The second kappa shape index (κ2) is 6.38. The van der Waals surface area contributed by atoms with Crippen molar-refractivity contribution < 1.29 is 9.84 Å². The van der Waals surface area contributed by atoms with E-state index in [1.54, 1.807) is 0 Å². The highest BCUT2D eigenvalue weighted by molar-refractivity contribution is 5.06. The molecular weight excluding hydrogens is 224 g/mol. The van der Waals surface area contributed by atoms with Crippen molar-refractivity contribution in [3.63, 3.8) is 0 Å². The molecule has 0 radical (unpaired) electrons. The van der Waals surface area contributed by atoms with Gasteiger partial charge >= 0.3 is 0 Å². The van der Waals surface area contributed by atoms with E-state index in [2.05, 4.69) is 13.8 Å². The highest BCUT2D eigenvalue weighted by atomic mass is 16.5. The lowest BCUT2D eigenvalue weighted by Gasteiger charge is -2.52. The Bertz CT molecular complexity index is 245. The molecule has 0 saturated heterocycles. The van der Waals surface area contributed by atoms with Gasteiger partial charge in [0, 0.05) is 11.8 Å². The molecule has 2 nitrogen and oxygen atoms in total. The molecule has 2 heteroatoms. The summed E-state index contributed by atoms with van der Waals surface area (Å²) in [5.41, 5.74) is 0.150. The number of hydrogen-bond acceptors (Lipinski definition) is 2. The zero-order valence-corrected chi connectivity index (χ0v) is 12.2. The SMILES string of the molecule is CCCCCCC(C)OC1CC(O)C12CCCC2. The van der Waals surface area contributed by atoms with Crippen LogP contribution >= 0.6 is 0 Å². The maximum Gasteiger partial charge on any atom is 0.0684 e. The summed E-state index contributed by atoms with van der Waals surface area (Å²) in [5, 5.41) is 10.0. The van der Waals surface area contributed by atoms with Gasteiger partial charge < -0.3 is 9.84 Å². The average Bonchev–Trinajstić information content (AvgIpc) is 2.86. The molecule has 18 heavy (non-hydrogen) atoms. The van der Waals surface area contributed by atoms with Crippen molar-refractivity contribution in [2.24, 2.45) is 5.41 Å². The van der Waals surface area contributed by atoms with Gasteiger partial charge in [0.05, 0.1) is 18.3 Å². The number of aliphatic hydroxyl groups is 1. The number of rotatable bonds is 7. The summed E-state index contributed by atoms with van der Waals surface area (Å²) >= 11 is 0. The fraction of sp³-hybridized carbons (Fsp3) is 1.00. The van der Waals surface area contributed by atoms with Gasteiger partial charge in [0.25, 0.3) is 0 Å². The van der Waals surface area contributed by atoms with E-state index in [1.807, 2.05) is 0 Å². The largest absolute Gasteiger partial charge is 0.392 e. The van der Waals surface area contributed by atoms with E-state index in [0.29, 0.717) is 12.2 Å². The van der Waals surface area contributed by atoms with Crippen LogP contribution in [0.2, 0.25) is 0 Å². The van der Waals surface area contributed by atoms with Crippen molar-refractivity contribution in [2.75, 3.05) is 0 Å². The van der Waals surface area contributed by atoms with E-state index >= 15 is 0 Å². The molecular formula is C16H30O2. The van der Waals surface area contributed by atoms with Crippen LogP contribution in [0.25, 0.3) is 0 Å². The van der Waals surface area contributed by atoms with Crippen LogP contribution in [0.3, 0.4) is 0 Å². The van der Waals surface area contributed by atoms with Crippen molar-refractivity contribution in [3.05, 3.63) is 0 Å². The Morgan fingerprint density at radius 2 is 1.94 bits per heavy atom. The van der Waals surface area contributed by atoms with E-state index in [-0.39, 0.29) is 11.5 Å². The minimum atomic E-state index is -0.0858. The molecule has 0 aliphatic heterocycles.